The molecule has 0 saturated carbocycles. The van der Waals surface area contributed by atoms with E-state index in [0.717, 1.165) is 9.87 Å². The topological polar surface area (TPSA) is 150 Å². The predicted molar refractivity (Wildman–Crippen MR) is 142 cm³/mol. The maximum absolute atomic E-state index is 14.3. The van der Waals surface area contributed by atoms with Gasteiger partial charge in [0.15, 0.2) is 0 Å². The lowest BCUT2D eigenvalue weighted by atomic mass is 9.93. The maximum Gasteiger partial charge on any atom is 0.336 e. The van der Waals surface area contributed by atoms with Gasteiger partial charge in [-0.1, -0.05) is 42.0 Å². The number of rotatable bonds is 8. The minimum Gasteiger partial charge on any atom is -0.463 e. The van der Waals surface area contributed by atoms with E-state index in [0.29, 0.717) is 0 Å². The third-order valence-electron chi connectivity index (χ3n) is 6.03. The highest BCUT2D eigenvalue weighted by Crippen LogP contribution is 2.44. The molecule has 1 atom stereocenters. The molecule has 0 aromatic heterocycles. The van der Waals surface area contributed by atoms with Gasteiger partial charge in [-0.15, -0.1) is 0 Å². The van der Waals surface area contributed by atoms with Crippen LogP contribution in [0.25, 0.3) is 5.70 Å². The molecule has 1 aliphatic heterocycles. The number of nitrogens with zero attached hydrogens (tertiary/aromatic N) is 3. The number of nitro benzene ring substituents is 2. The van der Waals surface area contributed by atoms with Crippen LogP contribution in [0.15, 0.2) is 95.4 Å². The number of hydrogen-bond donors (Lipinski definition) is 0. The van der Waals surface area contributed by atoms with Gasteiger partial charge in [-0.2, -0.15) is 0 Å². The van der Waals surface area contributed by atoms with Crippen LogP contribution in [-0.4, -0.2) is 35.1 Å². The van der Waals surface area contributed by atoms with Gasteiger partial charge in [0.25, 0.3) is 21.4 Å². The minimum atomic E-state index is -4.44. The molecule has 200 valence electrons. The van der Waals surface area contributed by atoms with Crippen LogP contribution < -0.4 is 0 Å². The van der Waals surface area contributed by atoms with Gasteiger partial charge < -0.3 is 4.74 Å². The second-order valence-corrected chi connectivity index (χ2v) is 10.4. The molecule has 1 unspecified atom stereocenters. The van der Waals surface area contributed by atoms with Crippen molar-refractivity contribution < 1.29 is 27.8 Å². The Hall–Kier alpha value is -4.84. The van der Waals surface area contributed by atoms with Crippen molar-refractivity contribution in [3.05, 3.63) is 127 Å². The van der Waals surface area contributed by atoms with Crippen molar-refractivity contribution in [3.63, 3.8) is 0 Å². The highest BCUT2D eigenvalue weighted by Gasteiger charge is 2.41. The summed E-state index contributed by atoms with van der Waals surface area (Å²) in [4.78, 5) is 34.8. The van der Waals surface area contributed by atoms with Crippen LogP contribution in [0.3, 0.4) is 0 Å². The number of non-ortho nitro benzene ring substituents is 2. The lowest BCUT2D eigenvalue weighted by Gasteiger charge is -2.37. The van der Waals surface area contributed by atoms with E-state index in [4.69, 9.17) is 4.74 Å². The van der Waals surface area contributed by atoms with Crippen LogP contribution in [0.2, 0.25) is 0 Å². The molecule has 3 aromatic carbocycles. The van der Waals surface area contributed by atoms with E-state index < -0.39 is 31.9 Å². The molecule has 0 saturated heterocycles. The molecule has 0 amide bonds. The lowest BCUT2D eigenvalue weighted by Crippen LogP contribution is -2.38. The van der Waals surface area contributed by atoms with Crippen LogP contribution in [0.4, 0.5) is 11.4 Å². The highest BCUT2D eigenvalue weighted by atomic mass is 32.2. The zero-order chi connectivity index (χ0) is 28.3. The summed E-state index contributed by atoms with van der Waals surface area (Å²) >= 11 is 0. The van der Waals surface area contributed by atoms with E-state index >= 15 is 0 Å². The van der Waals surface area contributed by atoms with Gasteiger partial charge in [0, 0.05) is 29.8 Å². The molecule has 0 spiro atoms. The Bertz CT molecular complexity index is 1630. The molecule has 12 heteroatoms. The molecule has 1 heterocycles. The molecule has 0 bridgehead atoms. The fourth-order valence-corrected chi connectivity index (χ4v) is 5.86. The Kier molecular flexibility index (Phi) is 7.58. The molecule has 1 aliphatic rings. The summed E-state index contributed by atoms with van der Waals surface area (Å²) in [6, 6.07) is 15.3. The summed E-state index contributed by atoms with van der Waals surface area (Å²) in [6.45, 7) is 3.39. The van der Waals surface area contributed by atoms with Crippen molar-refractivity contribution in [1.29, 1.82) is 0 Å². The number of allylic oxidation sites excluding steroid dienone is 2. The molecular formula is C27H23N3O8S. The zero-order valence-electron chi connectivity index (χ0n) is 20.9. The highest BCUT2D eigenvalue weighted by molar-refractivity contribution is 7.89. The fraction of sp³-hybridized carbons (Fsp3) is 0.148. The second-order valence-electron chi connectivity index (χ2n) is 8.57. The van der Waals surface area contributed by atoms with Crippen molar-refractivity contribution in [3.8, 4) is 0 Å². The number of carbonyl (C=O) groups excluding carboxylic acids is 1. The van der Waals surface area contributed by atoms with Crippen molar-refractivity contribution in [2.24, 2.45) is 0 Å². The molecular weight excluding hydrogens is 526 g/mol. The van der Waals surface area contributed by atoms with Crippen molar-refractivity contribution >= 4 is 33.1 Å². The maximum atomic E-state index is 14.3. The van der Waals surface area contributed by atoms with Gasteiger partial charge in [-0.3, -0.25) is 24.5 Å². The van der Waals surface area contributed by atoms with Crippen LogP contribution in [0, 0.1) is 27.2 Å². The first-order valence-corrected chi connectivity index (χ1v) is 13.2. The summed E-state index contributed by atoms with van der Waals surface area (Å²) in [5.41, 5.74) is 0.503. The second kappa shape index (κ2) is 10.9. The first-order valence-electron chi connectivity index (χ1n) is 11.7. The molecule has 3 aromatic rings. The van der Waals surface area contributed by atoms with Gasteiger partial charge >= 0.3 is 5.97 Å². The molecule has 4 rings (SSSR count). The van der Waals surface area contributed by atoms with Crippen LogP contribution >= 0.6 is 0 Å². The Labute approximate surface area is 224 Å². The average molecular weight is 550 g/mol. The zero-order valence-corrected chi connectivity index (χ0v) is 21.7. The molecule has 0 fully saturated rings. The minimum absolute atomic E-state index is 0.00396. The number of ether oxygens (including phenoxy) is 1. The van der Waals surface area contributed by atoms with Gasteiger partial charge in [0.05, 0.1) is 32.6 Å². The van der Waals surface area contributed by atoms with E-state index in [-0.39, 0.29) is 45.3 Å². The number of aryl methyl sites for hydroxylation is 1. The number of carbonyl (C=O) groups is 1. The largest absolute Gasteiger partial charge is 0.463 e. The summed E-state index contributed by atoms with van der Waals surface area (Å²) in [6.07, 6.45) is 2.74. The van der Waals surface area contributed by atoms with Crippen LogP contribution in [-0.2, 0) is 19.6 Å². The summed E-state index contributed by atoms with van der Waals surface area (Å²) in [5, 5.41) is 23.1. The Morgan fingerprint density at radius 3 is 2.15 bits per heavy atom. The molecule has 39 heavy (non-hydrogen) atoms. The molecule has 0 aliphatic carbocycles. The van der Waals surface area contributed by atoms with Crippen molar-refractivity contribution in [1.82, 2.24) is 4.31 Å². The van der Waals surface area contributed by atoms with E-state index in [1.807, 2.05) is 0 Å². The lowest BCUT2D eigenvalue weighted by molar-refractivity contribution is -0.385. The van der Waals surface area contributed by atoms with Gasteiger partial charge in [-0.25, -0.2) is 13.2 Å². The summed E-state index contributed by atoms with van der Waals surface area (Å²) in [5.74, 6) is -0.813. The third kappa shape index (κ3) is 5.41. The van der Waals surface area contributed by atoms with Crippen LogP contribution in [0.1, 0.15) is 29.7 Å². The number of hydrogen-bond acceptors (Lipinski definition) is 8. The first-order chi connectivity index (χ1) is 18.5. The van der Waals surface area contributed by atoms with E-state index in [1.54, 1.807) is 26.0 Å². The normalized spacial score (nSPS) is 15.2. The fourth-order valence-electron chi connectivity index (χ4n) is 4.21. The predicted octanol–water partition coefficient (Wildman–Crippen LogP) is 5.09. The molecule has 0 N–H and O–H groups in total. The van der Waals surface area contributed by atoms with Gasteiger partial charge in [0.2, 0.25) is 0 Å². The quantitative estimate of drug-likeness (QED) is 0.214. The Balaban J connectivity index is 2.04. The van der Waals surface area contributed by atoms with E-state index in [1.165, 1.54) is 72.8 Å². The molecule has 0 radical (unpaired) electrons. The number of nitro groups is 2. The summed E-state index contributed by atoms with van der Waals surface area (Å²) in [7, 11) is -4.44. The smallest absolute Gasteiger partial charge is 0.336 e. The number of esters is 1. The monoisotopic (exact) mass is 549 g/mol. The van der Waals surface area contributed by atoms with E-state index in [2.05, 4.69) is 0 Å². The van der Waals surface area contributed by atoms with Crippen LogP contribution in [0.5, 0.6) is 0 Å². The Morgan fingerprint density at radius 2 is 1.54 bits per heavy atom. The average Bonchev–Trinajstić information content (AvgIpc) is 2.92. The van der Waals surface area contributed by atoms with Crippen molar-refractivity contribution in [2.45, 2.75) is 24.8 Å². The third-order valence-corrected chi connectivity index (χ3v) is 7.82. The van der Waals surface area contributed by atoms with Gasteiger partial charge in [0.1, 0.15) is 6.04 Å². The first kappa shape index (κ1) is 27.2. The SMILES string of the molecule is CCOC(=O)C1=CC=C(c2cccc([N+](=O)[O-])c2)N(S(=O)(=O)c2ccc(C)cc2)C1c1cccc([N+](=O)[O-])c1. The molecule has 11 nitrogen and oxygen atoms in total. The standard InChI is InChI=1S/C27H23N3O8S/c1-3-38-27(31)24-14-15-25(19-6-4-8-21(16-19)29(32)33)28(39(36,37)23-12-10-18(2)11-13-23)26(24)20-7-5-9-22(17-20)30(34)35/h4-17,26H,3H2,1-2H3. The van der Waals surface area contributed by atoms with Gasteiger partial charge in [-0.05, 0) is 43.7 Å². The van der Waals surface area contributed by atoms with E-state index in [9.17, 15) is 33.4 Å². The van der Waals surface area contributed by atoms with Crippen molar-refractivity contribution in [2.75, 3.05) is 6.61 Å². The Morgan fingerprint density at radius 1 is 0.923 bits per heavy atom. The summed E-state index contributed by atoms with van der Waals surface area (Å²) < 4.78 is 34.7. The number of benzene rings is 3. The number of sulfonamides is 1.